The third-order valence-corrected chi connectivity index (χ3v) is 2.90. The SMILES string of the molecule is CCOC(=O)c1cccnc1NCc1cccc(OC)c1. The minimum Gasteiger partial charge on any atom is -0.497 e. The highest BCUT2D eigenvalue weighted by Crippen LogP contribution is 2.16. The molecule has 0 atom stereocenters. The van der Waals surface area contributed by atoms with Crippen LogP contribution in [0.25, 0.3) is 0 Å². The molecule has 0 aliphatic rings. The van der Waals surface area contributed by atoms with Gasteiger partial charge in [0.2, 0.25) is 0 Å². The second-order valence-corrected chi connectivity index (χ2v) is 4.33. The molecule has 1 N–H and O–H groups in total. The van der Waals surface area contributed by atoms with Gasteiger partial charge in [-0.2, -0.15) is 0 Å². The highest BCUT2D eigenvalue weighted by atomic mass is 16.5. The standard InChI is InChI=1S/C16H18N2O3/c1-3-21-16(19)14-8-5-9-17-15(14)18-11-12-6-4-7-13(10-12)20-2/h4-10H,3,11H2,1-2H3,(H,17,18). The number of nitrogens with one attached hydrogen (secondary N) is 1. The van der Waals surface area contributed by atoms with Crippen molar-refractivity contribution in [2.45, 2.75) is 13.5 Å². The first-order chi connectivity index (χ1) is 10.2. The number of nitrogens with zero attached hydrogens (tertiary/aromatic N) is 1. The van der Waals surface area contributed by atoms with E-state index in [0.29, 0.717) is 24.5 Å². The molecule has 0 bridgehead atoms. The van der Waals surface area contributed by atoms with Crippen molar-refractivity contribution in [3.05, 3.63) is 53.7 Å². The topological polar surface area (TPSA) is 60.5 Å². The summed E-state index contributed by atoms with van der Waals surface area (Å²) in [5.74, 6) is 0.929. The Morgan fingerprint density at radius 2 is 2.14 bits per heavy atom. The highest BCUT2D eigenvalue weighted by Gasteiger charge is 2.12. The van der Waals surface area contributed by atoms with Crippen molar-refractivity contribution in [3.63, 3.8) is 0 Å². The molecule has 5 nitrogen and oxygen atoms in total. The Bertz CT molecular complexity index is 614. The number of ether oxygens (including phenoxy) is 2. The minimum atomic E-state index is -0.376. The van der Waals surface area contributed by atoms with Crippen LogP contribution in [0, 0.1) is 0 Å². The van der Waals surface area contributed by atoms with Gasteiger partial charge in [-0.05, 0) is 36.8 Å². The summed E-state index contributed by atoms with van der Waals surface area (Å²) in [6, 6.07) is 11.1. The summed E-state index contributed by atoms with van der Waals surface area (Å²) < 4.78 is 10.2. The van der Waals surface area contributed by atoms with E-state index in [9.17, 15) is 4.79 Å². The van der Waals surface area contributed by atoms with Gasteiger partial charge in [-0.15, -0.1) is 0 Å². The van der Waals surface area contributed by atoms with Gasteiger partial charge < -0.3 is 14.8 Å². The number of rotatable bonds is 6. The summed E-state index contributed by atoms with van der Waals surface area (Å²) in [6.07, 6.45) is 1.64. The second-order valence-electron chi connectivity index (χ2n) is 4.33. The number of methoxy groups -OCH3 is 1. The van der Waals surface area contributed by atoms with E-state index in [1.807, 2.05) is 24.3 Å². The molecule has 1 aromatic heterocycles. The third kappa shape index (κ3) is 3.95. The van der Waals surface area contributed by atoms with Crippen molar-refractivity contribution in [1.29, 1.82) is 0 Å². The molecule has 1 aromatic carbocycles. The Morgan fingerprint density at radius 3 is 2.90 bits per heavy atom. The zero-order valence-corrected chi connectivity index (χ0v) is 12.1. The number of pyridine rings is 1. The lowest BCUT2D eigenvalue weighted by atomic mass is 10.2. The molecular formula is C16H18N2O3. The highest BCUT2D eigenvalue weighted by molar-refractivity contribution is 5.94. The molecule has 0 spiro atoms. The predicted octanol–water partition coefficient (Wildman–Crippen LogP) is 2.88. The Labute approximate surface area is 123 Å². The van der Waals surface area contributed by atoms with Crippen molar-refractivity contribution < 1.29 is 14.3 Å². The average molecular weight is 286 g/mol. The van der Waals surface area contributed by atoms with Crippen molar-refractivity contribution in [2.24, 2.45) is 0 Å². The van der Waals surface area contributed by atoms with Gasteiger partial charge in [-0.1, -0.05) is 12.1 Å². The molecule has 0 aliphatic carbocycles. The van der Waals surface area contributed by atoms with Crippen LogP contribution in [-0.2, 0) is 11.3 Å². The number of benzene rings is 1. The summed E-state index contributed by atoms with van der Waals surface area (Å²) in [6.45, 7) is 2.65. The fraction of sp³-hybridized carbons (Fsp3) is 0.250. The lowest BCUT2D eigenvalue weighted by molar-refractivity contribution is 0.0527. The van der Waals surface area contributed by atoms with Crippen LogP contribution in [0.15, 0.2) is 42.6 Å². The number of esters is 1. The van der Waals surface area contributed by atoms with Crippen molar-refractivity contribution in [1.82, 2.24) is 4.98 Å². The first-order valence-corrected chi connectivity index (χ1v) is 6.73. The van der Waals surface area contributed by atoms with Crippen LogP contribution in [-0.4, -0.2) is 24.7 Å². The summed E-state index contributed by atoms with van der Waals surface area (Å²) in [5, 5.41) is 3.15. The molecule has 0 radical (unpaired) electrons. The fourth-order valence-electron chi connectivity index (χ4n) is 1.89. The number of aromatic nitrogens is 1. The monoisotopic (exact) mass is 286 g/mol. The van der Waals surface area contributed by atoms with Gasteiger partial charge in [0.15, 0.2) is 0 Å². The molecule has 2 aromatic rings. The number of anilines is 1. The fourth-order valence-corrected chi connectivity index (χ4v) is 1.89. The van der Waals surface area contributed by atoms with Gasteiger partial charge in [0, 0.05) is 12.7 Å². The van der Waals surface area contributed by atoms with Crippen LogP contribution in [0.3, 0.4) is 0 Å². The Kier molecular flexibility index (Phi) is 5.15. The summed E-state index contributed by atoms with van der Waals surface area (Å²) >= 11 is 0. The molecule has 2 rings (SSSR count). The van der Waals surface area contributed by atoms with Gasteiger partial charge >= 0.3 is 5.97 Å². The van der Waals surface area contributed by atoms with E-state index in [1.165, 1.54) is 0 Å². The van der Waals surface area contributed by atoms with Crippen LogP contribution >= 0.6 is 0 Å². The number of hydrogen-bond acceptors (Lipinski definition) is 5. The average Bonchev–Trinajstić information content (AvgIpc) is 2.53. The van der Waals surface area contributed by atoms with Crippen molar-refractivity contribution in [2.75, 3.05) is 19.0 Å². The lowest BCUT2D eigenvalue weighted by Gasteiger charge is -2.10. The van der Waals surface area contributed by atoms with Crippen molar-refractivity contribution in [3.8, 4) is 5.75 Å². The van der Waals surface area contributed by atoms with E-state index in [0.717, 1.165) is 11.3 Å². The largest absolute Gasteiger partial charge is 0.497 e. The quantitative estimate of drug-likeness (QED) is 0.827. The first-order valence-electron chi connectivity index (χ1n) is 6.73. The smallest absolute Gasteiger partial charge is 0.341 e. The molecule has 1 heterocycles. The zero-order chi connectivity index (χ0) is 15.1. The zero-order valence-electron chi connectivity index (χ0n) is 12.1. The Morgan fingerprint density at radius 1 is 1.29 bits per heavy atom. The molecule has 0 fully saturated rings. The van der Waals surface area contributed by atoms with E-state index in [2.05, 4.69) is 10.3 Å². The van der Waals surface area contributed by atoms with E-state index in [4.69, 9.17) is 9.47 Å². The lowest BCUT2D eigenvalue weighted by Crippen LogP contribution is -2.11. The molecule has 0 aliphatic heterocycles. The minimum absolute atomic E-state index is 0.336. The summed E-state index contributed by atoms with van der Waals surface area (Å²) in [7, 11) is 1.63. The van der Waals surface area contributed by atoms with Gasteiger partial charge in [-0.3, -0.25) is 0 Å². The third-order valence-electron chi connectivity index (χ3n) is 2.90. The van der Waals surface area contributed by atoms with E-state index < -0.39 is 0 Å². The molecule has 0 unspecified atom stereocenters. The van der Waals surface area contributed by atoms with Crippen LogP contribution < -0.4 is 10.1 Å². The Balaban J connectivity index is 2.10. The molecular weight excluding hydrogens is 268 g/mol. The molecule has 0 saturated carbocycles. The van der Waals surface area contributed by atoms with Crippen LogP contribution in [0.4, 0.5) is 5.82 Å². The van der Waals surface area contributed by atoms with Gasteiger partial charge in [0.05, 0.1) is 13.7 Å². The van der Waals surface area contributed by atoms with Crippen molar-refractivity contribution >= 4 is 11.8 Å². The number of hydrogen-bond donors (Lipinski definition) is 1. The maximum Gasteiger partial charge on any atom is 0.341 e. The maximum absolute atomic E-state index is 11.9. The van der Waals surface area contributed by atoms with Crippen LogP contribution in [0.5, 0.6) is 5.75 Å². The molecule has 21 heavy (non-hydrogen) atoms. The van der Waals surface area contributed by atoms with E-state index >= 15 is 0 Å². The van der Waals surface area contributed by atoms with Crippen LogP contribution in [0.2, 0.25) is 0 Å². The molecule has 0 saturated heterocycles. The van der Waals surface area contributed by atoms with Gasteiger partial charge in [-0.25, -0.2) is 9.78 Å². The van der Waals surface area contributed by atoms with Gasteiger partial charge in [0.25, 0.3) is 0 Å². The maximum atomic E-state index is 11.9. The van der Waals surface area contributed by atoms with Gasteiger partial charge in [0.1, 0.15) is 17.1 Å². The molecule has 110 valence electrons. The summed E-state index contributed by atoms with van der Waals surface area (Å²) in [5.41, 5.74) is 1.47. The van der Waals surface area contributed by atoms with E-state index in [-0.39, 0.29) is 5.97 Å². The molecule has 0 amide bonds. The number of carbonyl (C=O) groups excluding carboxylic acids is 1. The second kappa shape index (κ2) is 7.28. The van der Waals surface area contributed by atoms with E-state index in [1.54, 1.807) is 32.4 Å². The first kappa shape index (κ1) is 14.8. The van der Waals surface area contributed by atoms with Crippen LogP contribution in [0.1, 0.15) is 22.8 Å². The number of carbonyl (C=O) groups is 1. The normalized spacial score (nSPS) is 10.0. The predicted molar refractivity (Wildman–Crippen MR) is 80.5 cm³/mol. The Hall–Kier alpha value is -2.56. The molecule has 5 heteroatoms. The summed E-state index contributed by atoms with van der Waals surface area (Å²) in [4.78, 5) is 16.1.